The molecule has 0 aliphatic heterocycles. The Kier molecular flexibility index (Phi) is 4.76. The van der Waals surface area contributed by atoms with Gasteiger partial charge in [0.1, 0.15) is 0 Å². The summed E-state index contributed by atoms with van der Waals surface area (Å²) in [4.78, 5) is 0. The van der Waals surface area contributed by atoms with Crippen molar-refractivity contribution in [3.05, 3.63) is 63.1 Å². The molecule has 0 heterocycles. The van der Waals surface area contributed by atoms with Crippen molar-refractivity contribution >= 4 is 21.6 Å². The first kappa shape index (κ1) is 15.0. The van der Waals surface area contributed by atoms with Crippen LogP contribution in [0.2, 0.25) is 0 Å². The van der Waals surface area contributed by atoms with Crippen LogP contribution in [0.3, 0.4) is 0 Å². The molecular formula is C16H16BrF2N. The Morgan fingerprint density at radius 1 is 1.05 bits per heavy atom. The fraction of sp³-hybridized carbons (Fsp3) is 0.250. The number of anilines is 1. The molecule has 0 bridgehead atoms. The van der Waals surface area contributed by atoms with Crippen LogP contribution in [0.1, 0.15) is 28.7 Å². The maximum Gasteiger partial charge on any atom is 0.263 e. The lowest BCUT2D eigenvalue weighted by atomic mass is 10.1. The summed E-state index contributed by atoms with van der Waals surface area (Å²) in [6.07, 6.45) is -2.41. The Hall–Kier alpha value is -1.42. The Labute approximate surface area is 126 Å². The highest BCUT2D eigenvalue weighted by Gasteiger charge is 2.06. The van der Waals surface area contributed by atoms with Crippen LogP contribution in [0.15, 0.2) is 40.9 Å². The summed E-state index contributed by atoms with van der Waals surface area (Å²) in [6, 6.07) is 10.5. The molecule has 0 unspecified atom stereocenters. The maximum atomic E-state index is 12.5. The van der Waals surface area contributed by atoms with E-state index >= 15 is 0 Å². The van der Waals surface area contributed by atoms with Gasteiger partial charge in [0.2, 0.25) is 0 Å². The van der Waals surface area contributed by atoms with Crippen LogP contribution < -0.4 is 5.32 Å². The van der Waals surface area contributed by atoms with Crippen molar-refractivity contribution in [3.63, 3.8) is 0 Å². The number of hydrogen-bond donors (Lipinski definition) is 1. The molecule has 4 heteroatoms. The zero-order valence-electron chi connectivity index (χ0n) is 11.4. The second-order valence-electron chi connectivity index (χ2n) is 4.82. The van der Waals surface area contributed by atoms with Crippen molar-refractivity contribution in [2.75, 3.05) is 5.32 Å². The van der Waals surface area contributed by atoms with Crippen molar-refractivity contribution in [2.45, 2.75) is 26.8 Å². The van der Waals surface area contributed by atoms with Crippen molar-refractivity contribution in [1.82, 2.24) is 0 Å². The van der Waals surface area contributed by atoms with Gasteiger partial charge in [0.15, 0.2) is 0 Å². The minimum Gasteiger partial charge on any atom is -0.381 e. The first-order chi connectivity index (χ1) is 9.47. The first-order valence-electron chi connectivity index (χ1n) is 6.35. The van der Waals surface area contributed by atoms with Crippen LogP contribution in [0.4, 0.5) is 14.5 Å². The van der Waals surface area contributed by atoms with Gasteiger partial charge in [-0.1, -0.05) is 40.2 Å². The topological polar surface area (TPSA) is 12.0 Å². The number of rotatable bonds is 4. The molecule has 20 heavy (non-hydrogen) atoms. The van der Waals surface area contributed by atoms with Crippen molar-refractivity contribution in [2.24, 2.45) is 0 Å². The Bertz CT molecular complexity index is 571. The maximum absolute atomic E-state index is 12.5. The standard InChI is InChI=1S/C16H16BrF2N/c1-10-7-14(8-11(2)15(10)17)20-9-12-3-5-13(6-4-12)16(18)19/h3-8,16,20H,9H2,1-2H3. The summed E-state index contributed by atoms with van der Waals surface area (Å²) < 4.78 is 26.0. The fourth-order valence-corrected chi connectivity index (χ4v) is 2.26. The van der Waals surface area contributed by atoms with Crippen LogP contribution in [-0.4, -0.2) is 0 Å². The summed E-state index contributed by atoms with van der Waals surface area (Å²) in [6.45, 7) is 4.70. The van der Waals surface area contributed by atoms with E-state index in [2.05, 4.69) is 33.4 Å². The van der Waals surface area contributed by atoms with Crippen molar-refractivity contribution in [3.8, 4) is 0 Å². The first-order valence-corrected chi connectivity index (χ1v) is 7.14. The largest absolute Gasteiger partial charge is 0.381 e. The lowest BCUT2D eigenvalue weighted by Crippen LogP contribution is -2.00. The van der Waals surface area contributed by atoms with Crippen LogP contribution in [0.25, 0.3) is 0 Å². The third kappa shape index (κ3) is 3.57. The predicted octanol–water partition coefficient (Wildman–Crippen LogP) is 5.62. The summed E-state index contributed by atoms with van der Waals surface area (Å²) in [5, 5.41) is 3.31. The second-order valence-corrected chi connectivity index (χ2v) is 5.61. The van der Waals surface area contributed by atoms with Gasteiger partial charge >= 0.3 is 0 Å². The summed E-state index contributed by atoms with van der Waals surface area (Å²) in [5.74, 6) is 0. The van der Waals surface area contributed by atoms with E-state index in [1.807, 2.05) is 13.8 Å². The number of halogens is 3. The van der Waals surface area contributed by atoms with Gasteiger partial charge in [0, 0.05) is 22.3 Å². The molecule has 0 saturated heterocycles. The Morgan fingerprint density at radius 2 is 1.60 bits per heavy atom. The van der Waals surface area contributed by atoms with Crippen molar-refractivity contribution in [1.29, 1.82) is 0 Å². The lowest BCUT2D eigenvalue weighted by molar-refractivity contribution is 0.151. The molecule has 0 aromatic heterocycles. The average molecular weight is 340 g/mol. The van der Waals surface area contributed by atoms with E-state index in [1.54, 1.807) is 12.1 Å². The van der Waals surface area contributed by atoms with E-state index in [0.29, 0.717) is 6.54 Å². The fourth-order valence-electron chi connectivity index (χ4n) is 2.03. The quantitative estimate of drug-likeness (QED) is 0.762. The molecule has 1 N–H and O–H groups in total. The summed E-state index contributed by atoms with van der Waals surface area (Å²) in [7, 11) is 0. The molecular weight excluding hydrogens is 324 g/mol. The molecule has 106 valence electrons. The lowest BCUT2D eigenvalue weighted by Gasteiger charge is -2.11. The number of alkyl halides is 2. The average Bonchev–Trinajstić information content (AvgIpc) is 2.42. The Morgan fingerprint density at radius 3 is 2.10 bits per heavy atom. The molecule has 0 aliphatic rings. The zero-order chi connectivity index (χ0) is 14.7. The van der Waals surface area contributed by atoms with Gasteiger partial charge < -0.3 is 5.32 Å². The Balaban J connectivity index is 2.05. The van der Waals surface area contributed by atoms with Gasteiger partial charge in [-0.15, -0.1) is 0 Å². The molecule has 0 fully saturated rings. The minimum atomic E-state index is -2.41. The highest BCUT2D eigenvalue weighted by Crippen LogP contribution is 2.25. The zero-order valence-corrected chi connectivity index (χ0v) is 13.0. The van der Waals surface area contributed by atoms with E-state index < -0.39 is 6.43 Å². The third-order valence-electron chi connectivity index (χ3n) is 3.16. The number of hydrogen-bond acceptors (Lipinski definition) is 1. The van der Waals surface area contributed by atoms with Crippen LogP contribution >= 0.6 is 15.9 Å². The molecule has 0 aliphatic carbocycles. The normalized spacial score (nSPS) is 10.9. The molecule has 2 aromatic rings. The van der Waals surface area contributed by atoms with Crippen LogP contribution in [0.5, 0.6) is 0 Å². The molecule has 2 aromatic carbocycles. The molecule has 0 atom stereocenters. The van der Waals surface area contributed by atoms with Crippen molar-refractivity contribution < 1.29 is 8.78 Å². The van der Waals surface area contributed by atoms with Crippen LogP contribution in [0, 0.1) is 13.8 Å². The summed E-state index contributed by atoms with van der Waals surface area (Å²) in [5.41, 5.74) is 4.40. The van der Waals surface area contributed by atoms with Gasteiger partial charge in [-0.25, -0.2) is 8.78 Å². The minimum absolute atomic E-state index is 0.0593. The second kappa shape index (κ2) is 6.35. The number of aryl methyl sites for hydroxylation is 2. The van der Waals surface area contributed by atoms with E-state index in [1.165, 1.54) is 23.3 Å². The van der Waals surface area contributed by atoms with E-state index in [4.69, 9.17) is 0 Å². The molecule has 0 spiro atoms. The van der Waals surface area contributed by atoms with Crippen LogP contribution in [-0.2, 0) is 6.54 Å². The summed E-state index contributed by atoms with van der Waals surface area (Å²) >= 11 is 3.53. The molecule has 2 rings (SSSR count). The molecule has 1 nitrogen and oxygen atoms in total. The van der Waals surface area contributed by atoms with E-state index in [0.717, 1.165) is 15.7 Å². The third-order valence-corrected chi connectivity index (χ3v) is 4.42. The highest BCUT2D eigenvalue weighted by molar-refractivity contribution is 9.10. The van der Waals surface area contributed by atoms with Gasteiger partial charge in [0.05, 0.1) is 0 Å². The number of benzene rings is 2. The molecule has 0 radical (unpaired) electrons. The monoisotopic (exact) mass is 339 g/mol. The van der Waals surface area contributed by atoms with Gasteiger partial charge in [0.25, 0.3) is 6.43 Å². The van der Waals surface area contributed by atoms with Gasteiger partial charge in [-0.2, -0.15) is 0 Å². The smallest absolute Gasteiger partial charge is 0.263 e. The highest BCUT2D eigenvalue weighted by atomic mass is 79.9. The number of nitrogens with one attached hydrogen (secondary N) is 1. The predicted molar refractivity (Wildman–Crippen MR) is 82.3 cm³/mol. The van der Waals surface area contributed by atoms with Gasteiger partial charge in [-0.05, 0) is 42.7 Å². The van der Waals surface area contributed by atoms with E-state index in [-0.39, 0.29) is 5.56 Å². The SMILES string of the molecule is Cc1cc(NCc2ccc(C(F)F)cc2)cc(C)c1Br. The molecule has 0 amide bonds. The van der Waals surface area contributed by atoms with Gasteiger partial charge in [-0.3, -0.25) is 0 Å². The van der Waals surface area contributed by atoms with E-state index in [9.17, 15) is 8.78 Å². The molecule has 0 saturated carbocycles.